The summed E-state index contributed by atoms with van der Waals surface area (Å²) in [6, 6.07) is 21.7. The van der Waals surface area contributed by atoms with Gasteiger partial charge in [0.1, 0.15) is 5.82 Å². The molecule has 0 amide bonds. The number of rotatable bonds is 8. The lowest BCUT2D eigenvalue weighted by atomic mass is 9.68. The van der Waals surface area contributed by atoms with Crippen LogP contribution < -0.4 is 0 Å². The van der Waals surface area contributed by atoms with E-state index >= 15 is 0 Å². The number of hydrogen-bond acceptors (Lipinski definition) is 1. The van der Waals surface area contributed by atoms with Crippen LogP contribution in [0.1, 0.15) is 56.5 Å². The first-order valence-electron chi connectivity index (χ1n) is 9.75. The lowest BCUT2D eigenvalue weighted by molar-refractivity contribution is 0.367. The van der Waals surface area contributed by atoms with Crippen molar-refractivity contribution in [3.05, 3.63) is 90.0 Å². The fourth-order valence-electron chi connectivity index (χ4n) is 3.85. The zero-order valence-electron chi connectivity index (χ0n) is 16.2. The molecule has 1 heterocycles. The Kier molecular flexibility index (Phi) is 5.92. The molecule has 136 valence electrons. The summed E-state index contributed by atoms with van der Waals surface area (Å²) in [4.78, 5) is 4.77. The van der Waals surface area contributed by atoms with Crippen LogP contribution in [0.4, 0.5) is 0 Å². The first-order chi connectivity index (χ1) is 12.6. The maximum Gasteiger partial charge on any atom is 0.112 e. The first kappa shape index (κ1) is 18.4. The number of aryl methyl sites for hydroxylation is 1. The molecule has 0 aliphatic carbocycles. The third kappa shape index (κ3) is 3.90. The molecular weight excluding hydrogens is 316 g/mol. The van der Waals surface area contributed by atoms with Crippen LogP contribution in [0.5, 0.6) is 0 Å². The van der Waals surface area contributed by atoms with Gasteiger partial charge in [0.15, 0.2) is 0 Å². The van der Waals surface area contributed by atoms with Crippen LogP contribution in [0.3, 0.4) is 0 Å². The highest BCUT2D eigenvalue weighted by atomic mass is 15.1. The maximum atomic E-state index is 4.77. The van der Waals surface area contributed by atoms with Gasteiger partial charge in [0.05, 0.1) is 0 Å². The maximum absolute atomic E-state index is 4.77. The summed E-state index contributed by atoms with van der Waals surface area (Å²) in [5.74, 6) is 1.51. The van der Waals surface area contributed by atoms with Crippen LogP contribution in [0.2, 0.25) is 0 Å². The molecular formula is C24H30N2. The summed E-state index contributed by atoms with van der Waals surface area (Å²) in [6.07, 6.45) is 7.48. The summed E-state index contributed by atoms with van der Waals surface area (Å²) in [6.45, 7) is 8.01. The fraction of sp³-hybridized carbons (Fsp3) is 0.375. The van der Waals surface area contributed by atoms with Crippen LogP contribution in [0.25, 0.3) is 0 Å². The molecule has 0 radical (unpaired) electrons. The average Bonchev–Trinajstić information content (AvgIpc) is 3.15. The van der Waals surface area contributed by atoms with Gasteiger partial charge in [-0.2, -0.15) is 0 Å². The van der Waals surface area contributed by atoms with Crippen molar-refractivity contribution in [1.82, 2.24) is 9.55 Å². The van der Waals surface area contributed by atoms with Crippen molar-refractivity contribution in [2.45, 2.75) is 57.9 Å². The van der Waals surface area contributed by atoms with E-state index in [9.17, 15) is 0 Å². The molecule has 1 aromatic heterocycles. The summed E-state index contributed by atoms with van der Waals surface area (Å²) in [5.41, 5.74) is 2.73. The summed E-state index contributed by atoms with van der Waals surface area (Å²) in [5, 5.41) is 0. The number of nitrogens with zero attached hydrogens (tertiary/aromatic N) is 2. The van der Waals surface area contributed by atoms with E-state index in [1.54, 1.807) is 0 Å². The molecule has 0 N–H and O–H groups in total. The molecule has 0 spiro atoms. The van der Waals surface area contributed by atoms with Crippen molar-refractivity contribution >= 4 is 0 Å². The van der Waals surface area contributed by atoms with Gasteiger partial charge in [-0.05, 0) is 24.0 Å². The third-order valence-electron chi connectivity index (χ3n) is 5.69. The SMILES string of the molecule is CCCCn1ccnc1C(C)C(C)(Cc1ccccc1)c1ccccc1. The second kappa shape index (κ2) is 8.35. The van der Waals surface area contributed by atoms with E-state index < -0.39 is 0 Å². The highest BCUT2D eigenvalue weighted by Crippen LogP contribution is 2.41. The van der Waals surface area contributed by atoms with E-state index in [0.29, 0.717) is 5.92 Å². The minimum absolute atomic E-state index is 0.0159. The Hall–Kier alpha value is -2.35. The molecule has 26 heavy (non-hydrogen) atoms. The number of imidazole rings is 1. The molecule has 0 saturated carbocycles. The first-order valence-corrected chi connectivity index (χ1v) is 9.75. The molecule has 3 rings (SSSR count). The van der Waals surface area contributed by atoms with Gasteiger partial charge in [0.2, 0.25) is 0 Å². The minimum atomic E-state index is -0.0159. The van der Waals surface area contributed by atoms with Crippen LogP contribution in [-0.2, 0) is 18.4 Å². The Balaban J connectivity index is 1.99. The van der Waals surface area contributed by atoms with Crippen LogP contribution in [0, 0.1) is 0 Å². The average molecular weight is 347 g/mol. The van der Waals surface area contributed by atoms with E-state index in [2.05, 4.69) is 92.2 Å². The van der Waals surface area contributed by atoms with Crippen molar-refractivity contribution in [3.63, 3.8) is 0 Å². The van der Waals surface area contributed by atoms with Gasteiger partial charge in [0.25, 0.3) is 0 Å². The Morgan fingerprint density at radius 1 is 1.00 bits per heavy atom. The topological polar surface area (TPSA) is 17.8 Å². The van der Waals surface area contributed by atoms with Crippen LogP contribution in [0.15, 0.2) is 73.1 Å². The lowest BCUT2D eigenvalue weighted by Gasteiger charge is -2.36. The highest BCUT2D eigenvalue weighted by Gasteiger charge is 2.36. The van der Waals surface area contributed by atoms with Gasteiger partial charge in [-0.1, -0.05) is 87.9 Å². The van der Waals surface area contributed by atoms with Gasteiger partial charge in [-0.15, -0.1) is 0 Å². The Labute approximate surface area is 157 Å². The Morgan fingerprint density at radius 2 is 1.65 bits per heavy atom. The van der Waals surface area contributed by atoms with Crippen molar-refractivity contribution in [2.24, 2.45) is 0 Å². The van der Waals surface area contributed by atoms with Gasteiger partial charge >= 0.3 is 0 Å². The number of benzene rings is 2. The normalized spacial score (nSPS) is 14.7. The quantitative estimate of drug-likeness (QED) is 0.490. The molecule has 2 nitrogen and oxygen atoms in total. The number of aromatic nitrogens is 2. The predicted octanol–water partition coefficient (Wildman–Crippen LogP) is 5.99. The van der Waals surface area contributed by atoms with Crippen LogP contribution >= 0.6 is 0 Å². The second-order valence-corrected chi connectivity index (χ2v) is 7.50. The molecule has 3 aromatic rings. The molecule has 2 heteroatoms. The summed E-state index contributed by atoms with van der Waals surface area (Å²) in [7, 11) is 0. The van der Waals surface area contributed by atoms with Gasteiger partial charge in [-0.3, -0.25) is 0 Å². The van der Waals surface area contributed by atoms with Crippen molar-refractivity contribution in [2.75, 3.05) is 0 Å². The standard InChI is InChI=1S/C24H30N2/c1-4-5-17-26-18-16-25-23(26)20(2)24(3,22-14-10-7-11-15-22)19-21-12-8-6-9-13-21/h6-16,18,20H,4-5,17,19H2,1-3H3. The highest BCUT2D eigenvalue weighted by molar-refractivity contribution is 5.32. The van der Waals surface area contributed by atoms with E-state index in [1.807, 2.05) is 6.20 Å². The molecule has 0 aliphatic heterocycles. The van der Waals surface area contributed by atoms with Crippen molar-refractivity contribution in [1.29, 1.82) is 0 Å². The van der Waals surface area contributed by atoms with Crippen molar-refractivity contribution < 1.29 is 0 Å². The van der Waals surface area contributed by atoms with Gasteiger partial charge in [0, 0.05) is 30.3 Å². The monoisotopic (exact) mass is 346 g/mol. The van der Waals surface area contributed by atoms with E-state index in [4.69, 9.17) is 4.98 Å². The number of unbranched alkanes of at least 4 members (excludes halogenated alkanes) is 1. The smallest absolute Gasteiger partial charge is 0.112 e. The van der Waals surface area contributed by atoms with Gasteiger partial charge in [-0.25, -0.2) is 4.98 Å². The van der Waals surface area contributed by atoms with Crippen molar-refractivity contribution in [3.8, 4) is 0 Å². The summed E-state index contributed by atoms with van der Waals surface area (Å²) >= 11 is 0. The van der Waals surface area contributed by atoms with Crippen LogP contribution in [-0.4, -0.2) is 9.55 Å². The molecule has 0 bridgehead atoms. The molecule has 2 unspecified atom stereocenters. The molecule has 2 atom stereocenters. The minimum Gasteiger partial charge on any atom is -0.335 e. The molecule has 2 aromatic carbocycles. The molecule has 0 fully saturated rings. The zero-order chi connectivity index (χ0) is 18.4. The second-order valence-electron chi connectivity index (χ2n) is 7.50. The predicted molar refractivity (Wildman–Crippen MR) is 109 cm³/mol. The number of hydrogen-bond donors (Lipinski definition) is 0. The lowest BCUT2D eigenvalue weighted by Crippen LogP contribution is -2.33. The van der Waals surface area contributed by atoms with E-state index in [0.717, 1.165) is 13.0 Å². The van der Waals surface area contributed by atoms with E-state index in [-0.39, 0.29) is 5.41 Å². The zero-order valence-corrected chi connectivity index (χ0v) is 16.2. The largest absolute Gasteiger partial charge is 0.335 e. The van der Waals surface area contributed by atoms with E-state index in [1.165, 1.54) is 29.8 Å². The fourth-order valence-corrected chi connectivity index (χ4v) is 3.85. The summed E-state index contributed by atoms with van der Waals surface area (Å²) < 4.78 is 2.35. The molecule has 0 saturated heterocycles. The Bertz CT molecular complexity index is 791. The third-order valence-corrected chi connectivity index (χ3v) is 5.69. The molecule has 0 aliphatic rings. The van der Waals surface area contributed by atoms with Gasteiger partial charge < -0.3 is 4.57 Å². The Morgan fingerprint density at radius 3 is 2.31 bits per heavy atom.